The number of anilines is 1. The van der Waals surface area contributed by atoms with E-state index in [1.54, 1.807) is 16.8 Å². The molecule has 0 aromatic carbocycles. The van der Waals surface area contributed by atoms with Crippen LogP contribution < -0.4 is 4.31 Å². The second-order valence-corrected chi connectivity index (χ2v) is 7.10. The predicted molar refractivity (Wildman–Crippen MR) is 86.6 cm³/mol. The molecule has 0 aliphatic rings. The average molecular weight is 343 g/mol. The Hall–Kier alpha value is -3.06. The van der Waals surface area contributed by atoms with E-state index in [0.29, 0.717) is 17.0 Å². The minimum Gasteiger partial charge on any atom is -0.311 e. The number of fused-ring (bicyclic) bond motifs is 1. The fraction of sp³-hybridized carbons (Fsp3) is 0.214. The maximum Gasteiger partial charge on any atom is 0.233 e. The Kier molecular flexibility index (Phi) is 3.86. The number of hydrogen-bond donors (Lipinski definition) is 0. The molecule has 0 fully saturated rings. The molecule has 0 spiro atoms. The van der Waals surface area contributed by atoms with Crippen molar-refractivity contribution < 1.29 is 8.42 Å². The fourth-order valence-corrected chi connectivity index (χ4v) is 2.76. The lowest BCUT2D eigenvalue weighted by Crippen LogP contribution is -2.27. The van der Waals surface area contributed by atoms with Gasteiger partial charge >= 0.3 is 0 Å². The average Bonchev–Trinajstić information content (AvgIpc) is 2.92. The molecule has 0 radical (unpaired) electrons. The van der Waals surface area contributed by atoms with E-state index >= 15 is 0 Å². The van der Waals surface area contributed by atoms with Crippen LogP contribution in [0, 0.1) is 11.3 Å². The highest BCUT2D eigenvalue weighted by Gasteiger charge is 2.20. The van der Waals surface area contributed by atoms with Gasteiger partial charge in [0.1, 0.15) is 29.4 Å². The van der Waals surface area contributed by atoms with Gasteiger partial charge in [-0.1, -0.05) is 0 Å². The largest absolute Gasteiger partial charge is 0.311 e. The zero-order chi connectivity index (χ0) is 17.3. The molecule has 0 atom stereocenters. The lowest BCUT2D eigenvalue weighted by atomic mass is 10.3. The Bertz CT molecular complexity index is 1050. The highest BCUT2D eigenvalue weighted by molar-refractivity contribution is 7.92. The zero-order valence-electron chi connectivity index (χ0n) is 12.9. The van der Waals surface area contributed by atoms with Crippen molar-refractivity contribution in [2.75, 3.05) is 17.6 Å². The lowest BCUT2D eigenvalue weighted by Gasteiger charge is -2.18. The number of sulfonamides is 1. The van der Waals surface area contributed by atoms with Crippen LogP contribution in [-0.2, 0) is 16.6 Å². The first-order valence-corrected chi connectivity index (χ1v) is 8.70. The van der Waals surface area contributed by atoms with Crippen LogP contribution in [0.2, 0.25) is 0 Å². The van der Waals surface area contributed by atoms with Crippen LogP contribution in [0.4, 0.5) is 5.82 Å². The van der Waals surface area contributed by atoms with Crippen molar-refractivity contribution in [3.8, 4) is 6.07 Å². The zero-order valence-corrected chi connectivity index (χ0v) is 13.8. The Labute approximate surface area is 138 Å². The third-order valence-corrected chi connectivity index (χ3v) is 4.70. The molecule has 0 unspecified atom stereocenters. The van der Waals surface area contributed by atoms with Gasteiger partial charge in [0, 0.05) is 31.0 Å². The van der Waals surface area contributed by atoms with Gasteiger partial charge in [-0.25, -0.2) is 23.4 Å². The first-order chi connectivity index (χ1) is 11.4. The number of hydrogen-bond acceptors (Lipinski definition) is 7. The summed E-state index contributed by atoms with van der Waals surface area (Å²) < 4.78 is 26.3. The molecule has 3 aromatic rings. The van der Waals surface area contributed by atoms with Gasteiger partial charge in [0.2, 0.25) is 10.0 Å². The molecule has 3 aromatic heterocycles. The van der Waals surface area contributed by atoms with E-state index in [2.05, 4.69) is 26.0 Å². The molecule has 0 N–H and O–H groups in total. The van der Waals surface area contributed by atoms with Crippen molar-refractivity contribution in [3.63, 3.8) is 0 Å². The number of nitrogens with zero attached hydrogens (tertiary/aromatic N) is 7. The first kappa shape index (κ1) is 15.8. The van der Waals surface area contributed by atoms with Crippen molar-refractivity contribution in [2.24, 2.45) is 0 Å². The molecule has 0 amide bonds. The molecular formula is C14H13N7O2S. The van der Waals surface area contributed by atoms with Crippen molar-refractivity contribution in [3.05, 3.63) is 42.4 Å². The highest BCUT2D eigenvalue weighted by atomic mass is 32.2. The Morgan fingerprint density at radius 1 is 1.29 bits per heavy atom. The standard InChI is InChI=1S/C14H13N7O2S/c1-20(24(2,22)23)14-12(17-3-4-18-14)8-21-11(6-15)5-10-7-16-9-19-13(10)21/h3-5,7,9H,8H2,1-2H3. The molecule has 3 heterocycles. The number of rotatable bonds is 4. The van der Waals surface area contributed by atoms with Crippen LogP contribution in [0.1, 0.15) is 11.4 Å². The fourth-order valence-electron chi connectivity index (χ4n) is 2.29. The van der Waals surface area contributed by atoms with Gasteiger partial charge in [-0.15, -0.1) is 0 Å². The van der Waals surface area contributed by atoms with E-state index in [4.69, 9.17) is 0 Å². The quantitative estimate of drug-likeness (QED) is 0.678. The van der Waals surface area contributed by atoms with Crippen LogP contribution in [0.3, 0.4) is 0 Å². The molecule has 0 aliphatic heterocycles. The first-order valence-electron chi connectivity index (χ1n) is 6.85. The Morgan fingerprint density at radius 2 is 2.04 bits per heavy atom. The summed E-state index contributed by atoms with van der Waals surface area (Å²) in [5.41, 5.74) is 1.36. The molecule has 0 aliphatic carbocycles. The molecule has 24 heavy (non-hydrogen) atoms. The van der Waals surface area contributed by atoms with E-state index < -0.39 is 10.0 Å². The van der Waals surface area contributed by atoms with E-state index in [1.165, 1.54) is 25.8 Å². The van der Waals surface area contributed by atoms with Gasteiger partial charge in [0.15, 0.2) is 5.82 Å². The maximum absolute atomic E-state index is 11.8. The van der Waals surface area contributed by atoms with Gasteiger partial charge < -0.3 is 4.57 Å². The summed E-state index contributed by atoms with van der Waals surface area (Å²) in [4.78, 5) is 16.5. The Morgan fingerprint density at radius 3 is 2.75 bits per heavy atom. The lowest BCUT2D eigenvalue weighted by molar-refractivity contribution is 0.599. The molecular weight excluding hydrogens is 330 g/mol. The summed E-state index contributed by atoms with van der Waals surface area (Å²) in [5.74, 6) is 0.208. The molecule has 10 heteroatoms. The number of aromatic nitrogens is 5. The van der Waals surface area contributed by atoms with Gasteiger partial charge in [-0.05, 0) is 6.07 Å². The van der Waals surface area contributed by atoms with Crippen LogP contribution in [0.25, 0.3) is 11.0 Å². The monoisotopic (exact) mass is 343 g/mol. The summed E-state index contributed by atoms with van der Waals surface area (Å²) >= 11 is 0. The molecule has 122 valence electrons. The minimum absolute atomic E-state index is 0.159. The van der Waals surface area contributed by atoms with E-state index in [-0.39, 0.29) is 12.4 Å². The van der Waals surface area contributed by atoms with E-state index in [1.807, 2.05) is 0 Å². The van der Waals surface area contributed by atoms with Crippen LogP contribution in [0.5, 0.6) is 0 Å². The molecule has 0 bridgehead atoms. The molecule has 0 saturated heterocycles. The summed E-state index contributed by atoms with van der Waals surface area (Å²) in [6.45, 7) is 0.159. The normalized spacial score (nSPS) is 11.4. The summed E-state index contributed by atoms with van der Waals surface area (Å²) in [5, 5.41) is 10.1. The third kappa shape index (κ3) is 2.77. The second kappa shape index (κ2) is 5.86. The van der Waals surface area contributed by atoms with Crippen LogP contribution >= 0.6 is 0 Å². The summed E-state index contributed by atoms with van der Waals surface area (Å²) in [6.07, 6.45) is 6.98. The van der Waals surface area contributed by atoms with Crippen molar-refractivity contribution >= 4 is 26.9 Å². The van der Waals surface area contributed by atoms with E-state index in [9.17, 15) is 13.7 Å². The predicted octanol–water partition coefficient (Wildman–Crippen LogP) is 0.537. The Balaban J connectivity index is 2.13. The van der Waals surface area contributed by atoms with Crippen LogP contribution in [-0.4, -0.2) is 46.2 Å². The van der Waals surface area contributed by atoms with Crippen molar-refractivity contribution in [2.45, 2.75) is 6.54 Å². The topological polar surface area (TPSA) is 118 Å². The molecule has 3 rings (SSSR count). The third-order valence-electron chi connectivity index (χ3n) is 3.53. The van der Waals surface area contributed by atoms with Gasteiger partial charge in [0.25, 0.3) is 0 Å². The van der Waals surface area contributed by atoms with Crippen LogP contribution in [0.15, 0.2) is 31.0 Å². The number of nitriles is 1. The van der Waals surface area contributed by atoms with Gasteiger partial charge in [-0.2, -0.15) is 5.26 Å². The summed E-state index contributed by atoms with van der Waals surface area (Å²) in [7, 11) is -2.08. The van der Waals surface area contributed by atoms with Crippen molar-refractivity contribution in [1.82, 2.24) is 24.5 Å². The highest BCUT2D eigenvalue weighted by Crippen LogP contribution is 2.22. The molecule has 0 saturated carbocycles. The minimum atomic E-state index is -3.48. The van der Waals surface area contributed by atoms with Gasteiger partial charge in [0.05, 0.1) is 12.8 Å². The summed E-state index contributed by atoms with van der Waals surface area (Å²) in [6, 6.07) is 3.77. The second-order valence-electron chi connectivity index (χ2n) is 5.09. The van der Waals surface area contributed by atoms with E-state index in [0.717, 1.165) is 15.9 Å². The van der Waals surface area contributed by atoms with Gasteiger partial charge in [-0.3, -0.25) is 9.29 Å². The smallest absolute Gasteiger partial charge is 0.233 e. The molecule has 9 nitrogen and oxygen atoms in total. The van der Waals surface area contributed by atoms with Crippen molar-refractivity contribution in [1.29, 1.82) is 5.26 Å². The SMILES string of the molecule is CN(c1nccnc1Cn1c(C#N)cc2cncnc21)S(C)(=O)=O. The maximum atomic E-state index is 11.8.